The van der Waals surface area contributed by atoms with Crippen LogP contribution in [0.4, 0.5) is 0 Å². The van der Waals surface area contributed by atoms with E-state index in [1.54, 1.807) is 0 Å². The second-order valence-electron chi connectivity index (χ2n) is 7.61. The molecule has 0 aromatic heterocycles. The summed E-state index contributed by atoms with van der Waals surface area (Å²) in [4.78, 5) is 26.8. The van der Waals surface area contributed by atoms with Crippen LogP contribution in [0, 0.1) is 0 Å². The second kappa shape index (κ2) is 9.14. The van der Waals surface area contributed by atoms with Crippen LogP contribution >= 0.6 is 0 Å². The number of aryl methyl sites for hydroxylation is 1. The fourth-order valence-electron chi connectivity index (χ4n) is 3.31. The number of Topliss-reactive ketones (excluding diaryl/α,β-unsaturated/α-hetero) is 1. The topological polar surface area (TPSA) is 49.4 Å². The molecule has 0 bridgehead atoms. The Hall–Kier alpha value is -1.68. The highest BCUT2D eigenvalue weighted by Crippen LogP contribution is 2.19. The first-order valence-corrected chi connectivity index (χ1v) is 9.56. The first-order chi connectivity index (χ1) is 11.9. The van der Waals surface area contributed by atoms with Gasteiger partial charge in [0.1, 0.15) is 0 Å². The molecule has 0 saturated carbocycles. The lowest BCUT2D eigenvalue weighted by atomic mass is 9.98. The maximum atomic E-state index is 12.2. The molecule has 4 heteroatoms. The Bertz CT molecular complexity index is 572. The van der Waals surface area contributed by atoms with Crippen LogP contribution in [-0.4, -0.2) is 41.8 Å². The zero-order valence-electron chi connectivity index (χ0n) is 15.9. The standard InChI is InChI=1S/C21H32N2O2/c1-4-17-8-10-18(11-9-17)19(24)12-13-20(25)22-16-21(2,3)23-14-6-5-7-15-23/h8-11H,4-7,12-16H2,1-3H3,(H,22,25). The van der Waals surface area contributed by atoms with E-state index in [1.807, 2.05) is 24.3 Å². The number of nitrogens with one attached hydrogen (secondary N) is 1. The summed E-state index contributed by atoms with van der Waals surface area (Å²) in [6, 6.07) is 7.68. The minimum absolute atomic E-state index is 0.0317. The number of likely N-dealkylation sites (tertiary alicyclic amines) is 1. The van der Waals surface area contributed by atoms with Gasteiger partial charge >= 0.3 is 0 Å². The zero-order chi connectivity index (χ0) is 18.3. The van der Waals surface area contributed by atoms with Crippen molar-refractivity contribution in [2.75, 3.05) is 19.6 Å². The van der Waals surface area contributed by atoms with E-state index in [1.165, 1.54) is 24.8 Å². The zero-order valence-corrected chi connectivity index (χ0v) is 15.9. The summed E-state index contributed by atoms with van der Waals surface area (Å²) in [5.74, 6) is -0.00305. The molecule has 1 aliphatic heterocycles. The van der Waals surface area contributed by atoms with Gasteiger partial charge in [0, 0.05) is 30.5 Å². The molecule has 0 spiro atoms. The number of ketones is 1. The predicted octanol–water partition coefficient (Wildman–Crippen LogP) is 3.59. The smallest absolute Gasteiger partial charge is 0.220 e. The number of hydrogen-bond donors (Lipinski definition) is 1. The molecule has 0 radical (unpaired) electrons. The third-order valence-corrected chi connectivity index (χ3v) is 5.19. The Morgan fingerprint density at radius 1 is 1.04 bits per heavy atom. The molecule has 1 aliphatic rings. The molecule has 0 atom stereocenters. The summed E-state index contributed by atoms with van der Waals surface area (Å²) in [6.07, 6.45) is 5.27. The van der Waals surface area contributed by atoms with Crippen LogP contribution in [0.3, 0.4) is 0 Å². The molecule has 2 rings (SSSR count). The average Bonchev–Trinajstić information content (AvgIpc) is 2.65. The highest BCUT2D eigenvalue weighted by Gasteiger charge is 2.28. The predicted molar refractivity (Wildman–Crippen MR) is 102 cm³/mol. The molecule has 1 amide bonds. The van der Waals surface area contributed by atoms with Gasteiger partial charge in [0.2, 0.25) is 5.91 Å². The maximum Gasteiger partial charge on any atom is 0.220 e. The number of hydrogen-bond acceptors (Lipinski definition) is 3. The van der Waals surface area contributed by atoms with Crippen molar-refractivity contribution >= 4 is 11.7 Å². The minimum Gasteiger partial charge on any atom is -0.354 e. The molecule has 1 aromatic carbocycles. The van der Waals surface area contributed by atoms with Crippen LogP contribution < -0.4 is 5.32 Å². The van der Waals surface area contributed by atoms with Crippen molar-refractivity contribution in [3.05, 3.63) is 35.4 Å². The normalized spacial score (nSPS) is 15.8. The summed E-state index contributed by atoms with van der Waals surface area (Å²) < 4.78 is 0. The van der Waals surface area contributed by atoms with E-state index < -0.39 is 0 Å². The molecule has 4 nitrogen and oxygen atoms in total. The lowest BCUT2D eigenvalue weighted by molar-refractivity contribution is -0.121. The number of amides is 1. The van der Waals surface area contributed by atoms with E-state index >= 15 is 0 Å². The van der Waals surface area contributed by atoms with Crippen LogP contribution in [0.1, 0.15) is 68.8 Å². The van der Waals surface area contributed by atoms with Crippen molar-refractivity contribution in [1.82, 2.24) is 10.2 Å². The van der Waals surface area contributed by atoms with Crippen LogP contribution in [0.25, 0.3) is 0 Å². The van der Waals surface area contributed by atoms with Crippen molar-refractivity contribution in [1.29, 1.82) is 0 Å². The van der Waals surface area contributed by atoms with E-state index in [4.69, 9.17) is 0 Å². The van der Waals surface area contributed by atoms with Gasteiger partial charge in [-0.3, -0.25) is 14.5 Å². The summed E-state index contributed by atoms with van der Waals surface area (Å²) in [5, 5.41) is 3.01. The van der Waals surface area contributed by atoms with E-state index in [2.05, 4.69) is 31.0 Å². The largest absolute Gasteiger partial charge is 0.354 e. The van der Waals surface area contributed by atoms with E-state index in [0.29, 0.717) is 12.1 Å². The number of carbonyl (C=O) groups is 2. The van der Waals surface area contributed by atoms with E-state index in [9.17, 15) is 9.59 Å². The Labute approximate surface area is 152 Å². The van der Waals surface area contributed by atoms with Gasteiger partial charge in [0.15, 0.2) is 5.78 Å². The Morgan fingerprint density at radius 3 is 2.28 bits per heavy atom. The summed E-state index contributed by atoms with van der Waals surface area (Å²) in [7, 11) is 0. The monoisotopic (exact) mass is 344 g/mol. The minimum atomic E-state index is -0.0383. The van der Waals surface area contributed by atoms with Gasteiger partial charge in [-0.25, -0.2) is 0 Å². The van der Waals surface area contributed by atoms with Gasteiger partial charge in [0.05, 0.1) is 0 Å². The first-order valence-electron chi connectivity index (χ1n) is 9.56. The van der Waals surface area contributed by atoms with Gasteiger partial charge < -0.3 is 5.32 Å². The molecular weight excluding hydrogens is 312 g/mol. The lowest BCUT2D eigenvalue weighted by Gasteiger charge is -2.41. The third kappa shape index (κ3) is 5.96. The Morgan fingerprint density at radius 2 is 1.68 bits per heavy atom. The van der Waals surface area contributed by atoms with Gasteiger partial charge in [-0.1, -0.05) is 37.6 Å². The molecule has 1 saturated heterocycles. The fourth-order valence-corrected chi connectivity index (χ4v) is 3.31. The Balaban J connectivity index is 1.74. The molecule has 1 fully saturated rings. The molecule has 0 aliphatic carbocycles. The fraction of sp³-hybridized carbons (Fsp3) is 0.619. The third-order valence-electron chi connectivity index (χ3n) is 5.19. The SMILES string of the molecule is CCc1ccc(C(=O)CCC(=O)NCC(C)(C)N2CCCCC2)cc1. The van der Waals surface area contributed by atoms with Gasteiger partial charge in [-0.15, -0.1) is 0 Å². The average molecular weight is 344 g/mol. The first kappa shape index (κ1) is 19.6. The molecular formula is C21H32N2O2. The summed E-state index contributed by atoms with van der Waals surface area (Å²) >= 11 is 0. The molecule has 1 heterocycles. The van der Waals surface area contributed by atoms with E-state index in [-0.39, 0.29) is 30.1 Å². The molecule has 138 valence electrons. The van der Waals surface area contributed by atoms with Crippen molar-refractivity contribution < 1.29 is 9.59 Å². The van der Waals surface area contributed by atoms with Crippen molar-refractivity contribution in [2.45, 2.75) is 64.8 Å². The quantitative estimate of drug-likeness (QED) is 0.733. The summed E-state index contributed by atoms with van der Waals surface area (Å²) in [6.45, 7) is 9.29. The Kier molecular flexibility index (Phi) is 7.18. The molecule has 25 heavy (non-hydrogen) atoms. The number of rotatable bonds is 8. The molecule has 1 aromatic rings. The van der Waals surface area contributed by atoms with Crippen molar-refractivity contribution in [3.63, 3.8) is 0 Å². The van der Waals surface area contributed by atoms with Crippen LogP contribution in [0.15, 0.2) is 24.3 Å². The van der Waals surface area contributed by atoms with Gasteiger partial charge in [0.25, 0.3) is 0 Å². The number of carbonyl (C=O) groups excluding carboxylic acids is 2. The second-order valence-corrected chi connectivity index (χ2v) is 7.61. The highest BCUT2D eigenvalue weighted by atomic mass is 16.2. The highest BCUT2D eigenvalue weighted by molar-refractivity contribution is 5.97. The van der Waals surface area contributed by atoms with Crippen molar-refractivity contribution in [2.24, 2.45) is 0 Å². The maximum absolute atomic E-state index is 12.2. The van der Waals surface area contributed by atoms with E-state index in [0.717, 1.165) is 19.5 Å². The molecule has 0 unspecified atom stereocenters. The number of nitrogens with zero attached hydrogens (tertiary/aromatic N) is 1. The molecule has 1 N–H and O–H groups in total. The number of benzene rings is 1. The van der Waals surface area contributed by atoms with Gasteiger partial charge in [-0.05, 0) is 51.8 Å². The van der Waals surface area contributed by atoms with Gasteiger partial charge in [-0.2, -0.15) is 0 Å². The van der Waals surface area contributed by atoms with Crippen LogP contribution in [-0.2, 0) is 11.2 Å². The lowest BCUT2D eigenvalue weighted by Crippen LogP contribution is -2.53. The van der Waals surface area contributed by atoms with Crippen molar-refractivity contribution in [3.8, 4) is 0 Å². The van der Waals surface area contributed by atoms with Crippen LogP contribution in [0.2, 0.25) is 0 Å². The number of piperidine rings is 1. The van der Waals surface area contributed by atoms with Crippen LogP contribution in [0.5, 0.6) is 0 Å². The summed E-state index contributed by atoms with van der Waals surface area (Å²) in [5.41, 5.74) is 1.88.